The molecule has 0 saturated carbocycles. The highest BCUT2D eigenvalue weighted by atomic mass is 79.9. The molecule has 0 bridgehead atoms. The molecule has 0 spiro atoms. The van der Waals surface area contributed by atoms with Crippen LogP contribution >= 0.6 is 27.3 Å². The van der Waals surface area contributed by atoms with E-state index in [1.807, 2.05) is 12.1 Å². The van der Waals surface area contributed by atoms with Gasteiger partial charge in [0.1, 0.15) is 6.07 Å². The number of fused-ring (bicyclic) bond motifs is 1. The number of aromatic nitrogens is 1. The van der Waals surface area contributed by atoms with Gasteiger partial charge >= 0.3 is 0 Å². The molecule has 3 rings (SSSR count). The van der Waals surface area contributed by atoms with Gasteiger partial charge in [0.25, 0.3) is 0 Å². The van der Waals surface area contributed by atoms with Crippen molar-refractivity contribution in [2.45, 2.75) is 25.7 Å². The van der Waals surface area contributed by atoms with E-state index < -0.39 is 0 Å². The van der Waals surface area contributed by atoms with Crippen LogP contribution in [0, 0.1) is 11.3 Å². The second-order valence-electron chi connectivity index (χ2n) is 4.52. The molecule has 96 valence electrons. The number of nitrogens with zero attached hydrogens (tertiary/aromatic N) is 2. The second-order valence-corrected chi connectivity index (χ2v) is 6.52. The maximum Gasteiger partial charge on any atom is 0.187 e. The number of rotatable bonds is 2. The fourth-order valence-corrected chi connectivity index (χ4v) is 3.66. The van der Waals surface area contributed by atoms with Crippen molar-refractivity contribution in [1.29, 1.82) is 5.26 Å². The molecule has 0 unspecified atom stereocenters. The molecule has 5 heteroatoms. The maximum absolute atomic E-state index is 9.13. The van der Waals surface area contributed by atoms with Gasteiger partial charge in [-0.1, -0.05) is 15.9 Å². The minimum Gasteiger partial charge on any atom is -0.330 e. The second kappa shape index (κ2) is 5.32. The smallest absolute Gasteiger partial charge is 0.187 e. The lowest BCUT2D eigenvalue weighted by atomic mass is 10.0. The predicted molar refractivity (Wildman–Crippen MR) is 80.9 cm³/mol. The molecule has 2 aromatic rings. The molecule has 1 N–H and O–H groups in total. The molecule has 1 aromatic heterocycles. The highest BCUT2D eigenvalue weighted by Crippen LogP contribution is 2.32. The summed E-state index contributed by atoms with van der Waals surface area (Å²) in [7, 11) is 0. The van der Waals surface area contributed by atoms with Crippen molar-refractivity contribution in [3.05, 3.63) is 38.8 Å². The van der Waals surface area contributed by atoms with Gasteiger partial charge in [0, 0.05) is 9.35 Å². The number of halogens is 1. The topological polar surface area (TPSA) is 48.7 Å². The maximum atomic E-state index is 9.13. The monoisotopic (exact) mass is 333 g/mol. The van der Waals surface area contributed by atoms with Gasteiger partial charge in [-0.05, 0) is 43.9 Å². The van der Waals surface area contributed by atoms with E-state index in [1.54, 1.807) is 17.4 Å². The first-order valence-corrected chi connectivity index (χ1v) is 7.82. The lowest BCUT2D eigenvalue weighted by Gasteiger charge is -2.06. The molecule has 3 nitrogen and oxygen atoms in total. The molecule has 0 saturated heterocycles. The van der Waals surface area contributed by atoms with E-state index >= 15 is 0 Å². The molecule has 1 aromatic carbocycles. The van der Waals surface area contributed by atoms with Crippen molar-refractivity contribution < 1.29 is 0 Å². The third-order valence-corrected chi connectivity index (χ3v) is 4.76. The molecule has 1 aliphatic carbocycles. The number of nitriles is 1. The lowest BCUT2D eigenvalue weighted by molar-refractivity contribution is 0.683. The highest BCUT2D eigenvalue weighted by molar-refractivity contribution is 9.10. The van der Waals surface area contributed by atoms with Crippen molar-refractivity contribution in [3.8, 4) is 6.07 Å². The number of hydrogen-bond donors (Lipinski definition) is 1. The van der Waals surface area contributed by atoms with Gasteiger partial charge in [-0.25, -0.2) is 4.98 Å². The Morgan fingerprint density at radius 1 is 1.32 bits per heavy atom. The summed E-state index contributed by atoms with van der Waals surface area (Å²) in [4.78, 5) is 6.02. The van der Waals surface area contributed by atoms with E-state index in [2.05, 4.69) is 32.3 Å². The first-order chi connectivity index (χ1) is 9.26. The van der Waals surface area contributed by atoms with Crippen LogP contribution in [0.3, 0.4) is 0 Å². The van der Waals surface area contributed by atoms with Crippen molar-refractivity contribution in [3.63, 3.8) is 0 Å². The highest BCUT2D eigenvalue weighted by Gasteiger charge is 2.15. The third kappa shape index (κ3) is 2.65. The zero-order valence-electron chi connectivity index (χ0n) is 10.2. The minimum atomic E-state index is 0.636. The van der Waals surface area contributed by atoms with Crippen LogP contribution < -0.4 is 5.32 Å². The Hall–Kier alpha value is -1.38. The Kier molecular flexibility index (Phi) is 3.54. The summed E-state index contributed by atoms with van der Waals surface area (Å²) >= 11 is 5.14. The standard InChI is InChI=1S/C14H12BrN3S/c15-10-6-5-9(8-16)12(7-10)18-14-17-11-3-1-2-4-13(11)19-14/h5-7H,1-4H2,(H,17,18). The summed E-state index contributed by atoms with van der Waals surface area (Å²) in [6.07, 6.45) is 4.71. The van der Waals surface area contributed by atoms with Crippen LogP contribution in [0.25, 0.3) is 0 Å². The minimum absolute atomic E-state index is 0.636. The van der Waals surface area contributed by atoms with E-state index in [-0.39, 0.29) is 0 Å². The van der Waals surface area contributed by atoms with Gasteiger partial charge in [-0.2, -0.15) is 5.26 Å². The van der Waals surface area contributed by atoms with E-state index in [9.17, 15) is 0 Å². The molecule has 0 aliphatic heterocycles. The summed E-state index contributed by atoms with van der Waals surface area (Å²) in [5.74, 6) is 0. The Morgan fingerprint density at radius 3 is 2.95 bits per heavy atom. The summed E-state index contributed by atoms with van der Waals surface area (Å²) in [5.41, 5.74) is 2.67. The summed E-state index contributed by atoms with van der Waals surface area (Å²) in [6, 6.07) is 7.79. The predicted octanol–water partition coefficient (Wildman–Crippen LogP) is 4.40. The van der Waals surface area contributed by atoms with Gasteiger partial charge in [-0.3, -0.25) is 0 Å². The molecule has 1 heterocycles. The molecule has 0 radical (unpaired) electrons. The first-order valence-electron chi connectivity index (χ1n) is 6.21. The van der Waals surface area contributed by atoms with Crippen molar-refractivity contribution in [2.24, 2.45) is 0 Å². The van der Waals surface area contributed by atoms with Crippen LogP contribution in [0.5, 0.6) is 0 Å². The van der Waals surface area contributed by atoms with Crippen LogP contribution in [0.1, 0.15) is 29.0 Å². The molecular formula is C14H12BrN3S. The Bertz CT molecular complexity index is 634. The number of benzene rings is 1. The van der Waals surface area contributed by atoms with E-state index in [0.717, 1.165) is 28.1 Å². The summed E-state index contributed by atoms with van der Waals surface area (Å²) < 4.78 is 0.954. The molecule has 0 amide bonds. The van der Waals surface area contributed by atoms with Crippen LogP contribution in [-0.4, -0.2) is 4.98 Å². The Balaban J connectivity index is 1.91. The number of hydrogen-bond acceptors (Lipinski definition) is 4. The zero-order valence-corrected chi connectivity index (χ0v) is 12.6. The average molecular weight is 334 g/mol. The quantitative estimate of drug-likeness (QED) is 0.885. The van der Waals surface area contributed by atoms with Crippen LogP contribution in [-0.2, 0) is 12.8 Å². The number of nitrogens with one attached hydrogen (secondary N) is 1. The average Bonchev–Trinajstić information content (AvgIpc) is 2.81. The molecular weight excluding hydrogens is 322 g/mol. The SMILES string of the molecule is N#Cc1ccc(Br)cc1Nc1nc2c(s1)CCCC2. The van der Waals surface area contributed by atoms with E-state index in [0.29, 0.717) is 5.56 Å². The number of aryl methyl sites for hydroxylation is 2. The van der Waals surface area contributed by atoms with Crippen LogP contribution in [0.4, 0.5) is 10.8 Å². The van der Waals surface area contributed by atoms with E-state index in [1.165, 1.54) is 23.4 Å². The molecule has 19 heavy (non-hydrogen) atoms. The molecule has 0 fully saturated rings. The molecule has 1 aliphatic rings. The van der Waals surface area contributed by atoms with Crippen molar-refractivity contribution in [2.75, 3.05) is 5.32 Å². The molecule has 0 atom stereocenters. The van der Waals surface area contributed by atoms with Crippen LogP contribution in [0.15, 0.2) is 22.7 Å². The lowest BCUT2D eigenvalue weighted by Crippen LogP contribution is -1.99. The largest absolute Gasteiger partial charge is 0.330 e. The van der Waals surface area contributed by atoms with E-state index in [4.69, 9.17) is 5.26 Å². The van der Waals surface area contributed by atoms with Crippen LogP contribution in [0.2, 0.25) is 0 Å². The van der Waals surface area contributed by atoms with Gasteiger partial charge in [0.05, 0.1) is 16.9 Å². The third-order valence-electron chi connectivity index (χ3n) is 3.19. The Morgan fingerprint density at radius 2 is 2.16 bits per heavy atom. The number of thiazole rings is 1. The van der Waals surface area contributed by atoms with Gasteiger partial charge in [0.15, 0.2) is 5.13 Å². The number of anilines is 2. The summed E-state index contributed by atoms with van der Waals surface area (Å²) in [6.45, 7) is 0. The zero-order chi connectivity index (χ0) is 13.2. The van der Waals surface area contributed by atoms with Crippen molar-refractivity contribution >= 4 is 38.1 Å². The van der Waals surface area contributed by atoms with Gasteiger partial charge in [0.2, 0.25) is 0 Å². The summed E-state index contributed by atoms with van der Waals surface area (Å²) in [5, 5.41) is 13.3. The van der Waals surface area contributed by atoms with Gasteiger partial charge in [-0.15, -0.1) is 11.3 Å². The fourth-order valence-electron chi connectivity index (χ4n) is 2.24. The fraction of sp³-hybridized carbons (Fsp3) is 0.286. The van der Waals surface area contributed by atoms with Gasteiger partial charge < -0.3 is 5.32 Å². The first kappa shape index (κ1) is 12.6. The van der Waals surface area contributed by atoms with Crippen molar-refractivity contribution in [1.82, 2.24) is 4.98 Å². The Labute approximate surface area is 124 Å². The normalized spacial score (nSPS) is 13.7.